The molecule has 0 bridgehead atoms. The lowest BCUT2D eigenvalue weighted by Crippen LogP contribution is -2.22. The normalized spacial score (nSPS) is 12.4. The summed E-state index contributed by atoms with van der Waals surface area (Å²) in [4.78, 5) is 0. The smallest absolute Gasteiger partial charge is 0.0587 e. The van der Waals surface area contributed by atoms with Crippen LogP contribution < -0.4 is 5.32 Å². The van der Waals surface area contributed by atoms with Crippen LogP contribution in [-0.2, 0) is 6.42 Å². The first-order chi connectivity index (χ1) is 9.65. The molecular formula is C18H22BrN. The topological polar surface area (TPSA) is 12.0 Å². The first-order valence-electron chi connectivity index (χ1n) is 7.24. The zero-order valence-electron chi connectivity index (χ0n) is 12.4. The molecule has 2 aromatic rings. The molecule has 0 fully saturated rings. The SMILES string of the molecule is CCNC(c1ccc(CC)cc1)c1ccc(C)cc1Br. The fourth-order valence-electron chi connectivity index (χ4n) is 2.42. The maximum atomic E-state index is 3.70. The molecule has 0 saturated carbocycles. The Hall–Kier alpha value is -1.12. The fourth-order valence-corrected chi connectivity index (χ4v) is 3.15. The van der Waals surface area contributed by atoms with Crippen LogP contribution in [-0.4, -0.2) is 6.54 Å². The van der Waals surface area contributed by atoms with Gasteiger partial charge in [-0.25, -0.2) is 0 Å². The summed E-state index contributed by atoms with van der Waals surface area (Å²) in [6.07, 6.45) is 1.08. The van der Waals surface area contributed by atoms with E-state index in [1.165, 1.54) is 26.7 Å². The van der Waals surface area contributed by atoms with E-state index in [2.05, 4.69) is 84.5 Å². The predicted molar refractivity (Wildman–Crippen MR) is 90.2 cm³/mol. The minimum atomic E-state index is 0.237. The Bertz CT molecular complexity index is 560. The molecule has 0 aromatic heterocycles. The van der Waals surface area contributed by atoms with Gasteiger partial charge in [0.25, 0.3) is 0 Å². The van der Waals surface area contributed by atoms with Crippen molar-refractivity contribution in [3.63, 3.8) is 0 Å². The molecule has 2 heteroatoms. The average Bonchev–Trinajstić information content (AvgIpc) is 2.46. The van der Waals surface area contributed by atoms with Gasteiger partial charge in [-0.1, -0.05) is 66.2 Å². The molecule has 0 saturated heterocycles. The molecule has 2 rings (SSSR count). The number of aryl methyl sites for hydroxylation is 2. The summed E-state index contributed by atoms with van der Waals surface area (Å²) in [6.45, 7) is 7.40. The Morgan fingerprint density at radius 3 is 2.30 bits per heavy atom. The second-order valence-corrected chi connectivity index (χ2v) is 5.97. The molecule has 1 atom stereocenters. The van der Waals surface area contributed by atoms with Gasteiger partial charge in [-0.15, -0.1) is 0 Å². The van der Waals surface area contributed by atoms with Gasteiger partial charge < -0.3 is 5.32 Å². The van der Waals surface area contributed by atoms with Crippen molar-refractivity contribution in [2.75, 3.05) is 6.54 Å². The van der Waals surface area contributed by atoms with Crippen molar-refractivity contribution in [3.8, 4) is 0 Å². The third-order valence-corrected chi connectivity index (χ3v) is 4.28. The van der Waals surface area contributed by atoms with E-state index >= 15 is 0 Å². The minimum absolute atomic E-state index is 0.237. The first kappa shape index (κ1) is 15.3. The first-order valence-corrected chi connectivity index (χ1v) is 8.03. The fraction of sp³-hybridized carbons (Fsp3) is 0.333. The molecule has 106 valence electrons. The number of benzene rings is 2. The van der Waals surface area contributed by atoms with Gasteiger partial charge in [-0.05, 0) is 48.2 Å². The van der Waals surface area contributed by atoms with Crippen LogP contribution in [0.5, 0.6) is 0 Å². The summed E-state index contributed by atoms with van der Waals surface area (Å²) in [7, 11) is 0. The zero-order valence-corrected chi connectivity index (χ0v) is 14.0. The van der Waals surface area contributed by atoms with E-state index in [4.69, 9.17) is 0 Å². The van der Waals surface area contributed by atoms with Crippen LogP contribution in [0.25, 0.3) is 0 Å². The molecule has 0 aliphatic heterocycles. The molecule has 0 spiro atoms. The third-order valence-electron chi connectivity index (χ3n) is 3.60. The summed E-state index contributed by atoms with van der Waals surface area (Å²) in [5.74, 6) is 0. The lowest BCUT2D eigenvalue weighted by Gasteiger charge is -2.21. The van der Waals surface area contributed by atoms with Crippen molar-refractivity contribution < 1.29 is 0 Å². The van der Waals surface area contributed by atoms with Gasteiger partial charge in [0.15, 0.2) is 0 Å². The monoisotopic (exact) mass is 331 g/mol. The second kappa shape index (κ2) is 7.05. The van der Waals surface area contributed by atoms with Gasteiger partial charge in [0, 0.05) is 4.47 Å². The maximum Gasteiger partial charge on any atom is 0.0587 e. The lowest BCUT2D eigenvalue weighted by molar-refractivity contribution is 0.628. The van der Waals surface area contributed by atoms with Crippen LogP contribution in [0, 0.1) is 6.92 Å². The van der Waals surface area contributed by atoms with E-state index < -0.39 is 0 Å². The Balaban J connectivity index is 2.38. The average molecular weight is 332 g/mol. The highest BCUT2D eigenvalue weighted by atomic mass is 79.9. The Morgan fingerprint density at radius 2 is 1.75 bits per heavy atom. The van der Waals surface area contributed by atoms with Crippen molar-refractivity contribution >= 4 is 15.9 Å². The van der Waals surface area contributed by atoms with Crippen molar-refractivity contribution in [1.82, 2.24) is 5.32 Å². The van der Waals surface area contributed by atoms with E-state index in [0.717, 1.165) is 13.0 Å². The van der Waals surface area contributed by atoms with Crippen LogP contribution in [0.2, 0.25) is 0 Å². The molecule has 0 heterocycles. The maximum absolute atomic E-state index is 3.70. The Labute approximate surface area is 130 Å². The molecule has 0 aliphatic carbocycles. The zero-order chi connectivity index (χ0) is 14.5. The van der Waals surface area contributed by atoms with Crippen LogP contribution in [0.15, 0.2) is 46.9 Å². The van der Waals surface area contributed by atoms with Crippen molar-refractivity contribution in [2.24, 2.45) is 0 Å². The minimum Gasteiger partial charge on any atom is -0.306 e. The Kier molecular flexibility index (Phi) is 5.38. The van der Waals surface area contributed by atoms with Crippen LogP contribution in [0.3, 0.4) is 0 Å². The summed E-state index contributed by atoms with van der Waals surface area (Å²) in [5, 5.41) is 3.58. The van der Waals surface area contributed by atoms with E-state index in [0.29, 0.717) is 0 Å². The number of halogens is 1. The van der Waals surface area contributed by atoms with Gasteiger partial charge in [-0.3, -0.25) is 0 Å². The van der Waals surface area contributed by atoms with E-state index in [1.54, 1.807) is 0 Å². The molecule has 1 N–H and O–H groups in total. The number of rotatable bonds is 5. The number of nitrogens with one attached hydrogen (secondary N) is 1. The number of hydrogen-bond acceptors (Lipinski definition) is 1. The molecule has 1 unspecified atom stereocenters. The van der Waals surface area contributed by atoms with Gasteiger partial charge >= 0.3 is 0 Å². The third kappa shape index (κ3) is 3.50. The highest BCUT2D eigenvalue weighted by Gasteiger charge is 2.15. The molecule has 2 aromatic carbocycles. The van der Waals surface area contributed by atoms with Gasteiger partial charge in [0.2, 0.25) is 0 Å². The van der Waals surface area contributed by atoms with E-state index in [-0.39, 0.29) is 6.04 Å². The van der Waals surface area contributed by atoms with Gasteiger partial charge in [-0.2, -0.15) is 0 Å². The largest absolute Gasteiger partial charge is 0.306 e. The summed E-state index contributed by atoms with van der Waals surface area (Å²) in [5.41, 5.74) is 5.26. The Morgan fingerprint density at radius 1 is 1.05 bits per heavy atom. The quantitative estimate of drug-likeness (QED) is 0.811. The number of hydrogen-bond donors (Lipinski definition) is 1. The summed E-state index contributed by atoms with van der Waals surface area (Å²) in [6, 6.07) is 15.7. The van der Waals surface area contributed by atoms with Crippen LogP contribution >= 0.6 is 15.9 Å². The van der Waals surface area contributed by atoms with Gasteiger partial charge in [0.1, 0.15) is 0 Å². The molecule has 1 nitrogen and oxygen atoms in total. The second-order valence-electron chi connectivity index (χ2n) is 5.11. The standard InChI is InChI=1S/C18H22BrN/c1-4-14-7-9-15(10-8-14)18(20-5-2)16-11-6-13(3)12-17(16)19/h6-12,18,20H,4-5H2,1-3H3. The molecule has 0 radical (unpaired) electrons. The van der Waals surface area contributed by atoms with Crippen LogP contribution in [0.1, 0.15) is 42.1 Å². The lowest BCUT2D eigenvalue weighted by atomic mass is 9.96. The van der Waals surface area contributed by atoms with Crippen molar-refractivity contribution in [3.05, 3.63) is 69.2 Å². The predicted octanol–water partition coefficient (Wildman–Crippen LogP) is 5.02. The summed E-state index contributed by atoms with van der Waals surface area (Å²) < 4.78 is 1.17. The van der Waals surface area contributed by atoms with E-state index in [1.807, 2.05) is 0 Å². The molecular weight excluding hydrogens is 310 g/mol. The molecule has 20 heavy (non-hydrogen) atoms. The molecule has 0 aliphatic rings. The van der Waals surface area contributed by atoms with Crippen molar-refractivity contribution in [1.29, 1.82) is 0 Å². The summed E-state index contributed by atoms with van der Waals surface area (Å²) >= 11 is 3.70. The highest BCUT2D eigenvalue weighted by molar-refractivity contribution is 9.10. The van der Waals surface area contributed by atoms with Crippen molar-refractivity contribution in [2.45, 2.75) is 33.2 Å². The highest BCUT2D eigenvalue weighted by Crippen LogP contribution is 2.29. The van der Waals surface area contributed by atoms with Gasteiger partial charge in [0.05, 0.1) is 6.04 Å². The van der Waals surface area contributed by atoms with E-state index in [9.17, 15) is 0 Å². The molecule has 0 amide bonds. The van der Waals surface area contributed by atoms with Crippen LogP contribution in [0.4, 0.5) is 0 Å².